The van der Waals surface area contributed by atoms with Crippen LogP contribution in [0.5, 0.6) is 0 Å². The zero-order chi connectivity index (χ0) is 11.9. The molecule has 5 nitrogen and oxygen atoms in total. The van der Waals surface area contributed by atoms with E-state index in [0.29, 0.717) is 25.8 Å². The molecule has 0 aromatic heterocycles. The van der Waals surface area contributed by atoms with Crippen LogP contribution in [-0.2, 0) is 9.53 Å². The highest BCUT2D eigenvalue weighted by atomic mass is 35.5. The maximum absolute atomic E-state index is 11.6. The molecule has 2 rings (SSSR count). The average molecular weight is 247 g/mol. The van der Waals surface area contributed by atoms with Gasteiger partial charge in [0, 0.05) is 27.1 Å². The normalized spacial score (nSPS) is 27.9. The third-order valence-corrected chi connectivity index (χ3v) is 3.60. The summed E-state index contributed by atoms with van der Waals surface area (Å²) in [5.41, 5.74) is 0. The molecule has 0 aromatic carbocycles. The Morgan fingerprint density at radius 1 is 1.50 bits per heavy atom. The molecule has 90 valence electrons. The van der Waals surface area contributed by atoms with Gasteiger partial charge in [-0.3, -0.25) is 9.69 Å². The number of ether oxygens (including phenoxy) is 1. The lowest BCUT2D eigenvalue weighted by Crippen LogP contribution is -2.53. The van der Waals surface area contributed by atoms with E-state index in [4.69, 9.17) is 16.3 Å². The second-order valence-electron chi connectivity index (χ2n) is 4.43. The number of carbonyl (C=O) groups is 2. The van der Waals surface area contributed by atoms with Crippen LogP contribution in [0.1, 0.15) is 19.3 Å². The second kappa shape index (κ2) is 3.80. The topological polar surface area (TPSA) is 49.9 Å². The first-order valence-electron chi connectivity index (χ1n) is 5.32. The zero-order valence-electron chi connectivity index (χ0n) is 9.40. The number of rotatable bonds is 2. The molecule has 2 fully saturated rings. The Hall–Kier alpha value is -0.970. The van der Waals surface area contributed by atoms with Gasteiger partial charge in [0.15, 0.2) is 6.23 Å². The van der Waals surface area contributed by atoms with Crippen molar-refractivity contribution >= 4 is 23.6 Å². The Balaban J connectivity index is 1.95. The summed E-state index contributed by atoms with van der Waals surface area (Å²) in [4.78, 5) is 25.5. The summed E-state index contributed by atoms with van der Waals surface area (Å²) in [6.45, 7) is 0.594. The Morgan fingerprint density at radius 2 is 2.12 bits per heavy atom. The standard InChI is InChI=1S/C10H15ClN2O3/c1-12-6-3-7(13(2)9(12)15)16-8(14)10(11)4-5-10/h7H,3-6H2,1-2H3. The molecule has 1 atom stereocenters. The lowest BCUT2D eigenvalue weighted by molar-refractivity contribution is -0.158. The van der Waals surface area contributed by atoms with Crippen molar-refractivity contribution in [2.24, 2.45) is 0 Å². The Morgan fingerprint density at radius 3 is 2.69 bits per heavy atom. The van der Waals surface area contributed by atoms with Gasteiger partial charge >= 0.3 is 12.0 Å². The molecular weight excluding hydrogens is 232 g/mol. The largest absolute Gasteiger partial charge is 0.440 e. The number of alkyl halides is 1. The van der Waals surface area contributed by atoms with E-state index in [9.17, 15) is 9.59 Å². The maximum atomic E-state index is 11.6. The number of halogens is 1. The Kier molecular flexibility index (Phi) is 2.74. The van der Waals surface area contributed by atoms with Crippen molar-refractivity contribution in [1.82, 2.24) is 9.80 Å². The first kappa shape index (κ1) is 11.5. The van der Waals surface area contributed by atoms with Gasteiger partial charge in [-0.25, -0.2) is 4.79 Å². The van der Waals surface area contributed by atoms with Crippen LogP contribution < -0.4 is 0 Å². The van der Waals surface area contributed by atoms with Crippen molar-refractivity contribution < 1.29 is 14.3 Å². The molecule has 0 spiro atoms. The van der Waals surface area contributed by atoms with Crippen LogP contribution in [-0.4, -0.2) is 53.5 Å². The quantitative estimate of drug-likeness (QED) is 0.540. The van der Waals surface area contributed by atoms with E-state index in [1.54, 1.807) is 19.0 Å². The minimum Gasteiger partial charge on any atom is -0.440 e. The molecule has 1 aliphatic carbocycles. The highest BCUT2D eigenvalue weighted by Crippen LogP contribution is 2.44. The molecule has 0 aromatic rings. The molecule has 1 saturated carbocycles. The van der Waals surface area contributed by atoms with E-state index in [2.05, 4.69) is 0 Å². The number of carbonyl (C=O) groups excluding carboxylic acids is 2. The number of esters is 1. The van der Waals surface area contributed by atoms with Gasteiger partial charge in [0.25, 0.3) is 0 Å². The third-order valence-electron chi connectivity index (χ3n) is 3.07. The van der Waals surface area contributed by atoms with E-state index in [1.165, 1.54) is 4.90 Å². The SMILES string of the molecule is CN1CCC(OC(=O)C2(Cl)CC2)N(C)C1=O. The van der Waals surface area contributed by atoms with Gasteiger partial charge in [0.2, 0.25) is 0 Å². The molecular formula is C10H15ClN2O3. The minimum absolute atomic E-state index is 0.136. The zero-order valence-corrected chi connectivity index (χ0v) is 10.2. The Labute approximate surface area is 99.3 Å². The van der Waals surface area contributed by atoms with Crippen molar-refractivity contribution in [3.05, 3.63) is 0 Å². The van der Waals surface area contributed by atoms with Crippen LogP contribution in [0.3, 0.4) is 0 Å². The van der Waals surface area contributed by atoms with Crippen molar-refractivity contribution in [1.29, 1.82) is 0 Å². The third kappa shape index (κ3) is 1.96. The number of hydrogen-bond donors (Lipinski definition) is 0. The van der Waals surface area contributed by atoms with Crippen molar-refractivity contribution in [2.75, 3.05) is 20.6 Å². The van der Waals surface area contributed by atoms with Crippen LogP contribution in [0.25, 0.3) is 0 Å². The fourth-order valence-electron chi connectivity index (χ4n) is 1.67. The van der Waals surface area contributed by atoms with Gasteiger partial charge in [-0.2, -0.15) is 0 Å². The van der Waals surface area contributed by atoms with Gasteiger partial charge in [0.05, 0.1) is 0 Å². The Bertz CT molecular complexity index is 330. The smallest absolute Gasteiger partial charge is 0.329 e. The van der Waals surface area contributed by atoms with E-state index in [0.717, 1.165) is 0 Å². The average Bonchev–Trinajstić information content (AvgIpc) is 2.99. The number of nitrogens with zero attached hydrogens (tertiary/aromatic N) is 2. The summed E-state index contributed by atoms with van der Waals surface area (Å²) in [6.07, 6.45) is 1.47. The number of amides is 2. The lowest BCUT2D eigenvalue weighted by atomic mass is 10.2. The predicted octanol–water partition coefficient (Wildman–Crippen LogP) is 1.01. The van der Waals surface area contributed by atoms with Crippen molar-refractivity contribution in [2.45, 2.75) is 30.4 Å². The summed E-state index contributed by atoms with van der Waals surface area (Å²) < 4.78 is 5.26. The molecule has 1 aliphatic heterocycles. The number of urea groups is 1. The van der Waals surface area contributed by atoms with Gasteiger partial charge in [-0.05, 0) is 12.8 Å². The highest BCUT2D eigenvalue weighted by molar-refractivity contribution is 6.36. The van der Waals surface area contributed by atoms with E-state index in [-0.39, 0.29) is 6.03 Å². The van der Waals surface area contributed by atoms with Crippen molar-refractivity contribution in [3.8, 4) is 0 Å². The summed E-state index contributed by atoms with van der Waals surface area (Å²) in [5, 5.41) is 0. The van der Waals surface area contributed by atoms with Crippen LogP contribution in [0.2, 0.25) is 0 Å². The molecule has 1 heterocycles. The lowest BCUT2D eigenvalue weighted by Gasteiger charge is -2.37. The fraction of sp³-hybridized carbons (Fsp3) is 0.800. The molecule has 1 saturated heterocycles. The molecule has 1 unspecified atom stereocenters. The molecule has 0 radical (unpaired) electrons. The molecule has 6 heteroatoms. The van der Waals surface area contributed by atoms with E-state index >= 15 is 0 Å². The first-order chi connectivity index (χ1) is 7.44. The molecule has 16 heavy (non-hydrogen) atoms. The summed E-state index contributed by atoms with van der Waals surface area (Å²) >= 11 is 5.94. The molecule has 2 amide bonds. The van der Waals surface area contributed by atoms with Crippen molar-refractivity contribution in [3.63, 3.8) is 0 Å². The monoisotopic (exact) mass is 246 g/mol. The summed E-state index contributed by atoms with van der Waals surface area (Å²) in [5.74, 6) is -0.400. The van der Waals surface area contributed by atoms with Gasteiger partial charge in [0.1, 0.15) is 4.87 Å². The predicted molar refractivity (Wildman–Crippen MR) is 58.1 cm³/mol. The summed E-state index contributed by atoms with van der Waals surface area (Å²) in [6, 6.07) is -0.136. The van der Waals surface area contributed by atoms with Crippen LogP contribution >= 0.6 is 11.6 Å². The molecule has 2 aliphatic rings. The second-order valence-corrected chi connectivity index (χ2v) is 5.15. The van der Waals surface area contributed by atoms with Gasteiger partial charge in [-0.1, -0.05) is 0 Å². The van der Waals surface area contributed by atoms with E-state index < -0.39 is 17.1 Å². The summed E-state index contributed by atoms with van der Waals surface area (Å²) in [7, 11) is 3.35. The van der Waals surface area contributed by atoms with Crippen LogP contribution in [0, 0.1) is 0 Å². The molecule has 0 bridgehead atoms. The molecule has 0 N–H and O–H groups in total. The highest BCUT2D eigenvalue weighted by Gasteiger charge is 2.51. The van der Waals surface area contributed by atoms with Crippen LogP contribution in [0.15, 0.2) is 0 Å². The van der Waals surface area contributed by atoms with E-state index in [1.807, 2.05) is 0 Å². The van der Waals surface area contributed by atoms with Gasteiger partial charge in [-0.15, -0.1) is 11.6 Å². The van der Waals surface area contributed by atoms with Gasteiger partial charge < -0.3 is 9.64 Å². The maximum Gasteiger partial charge on any atom is 0.329 e. The minimum atomic E-state index is -0.812. The number of hydrogen-bond acceptors (Lipinski definition) is 3. The van der Waals surface area contributed by atoms with Crippen LogP contribution in [0.4, 0.5) is 4.79 Å². The fourth-order valence-corrected chi connectivity index (χ4v) is 1.81. The first-order valence-corrected chi connectivity index (χ1v) is 5.70.